The summed E-state index contributed by atoms with van der Waals surface area (Å²) in [5, 5.41) is 0.221. The zero-order valence-corrected chi connectivity index (χ0v) is 11.5. The van der Waals surface area contributed by atoms with Gasteiger partial charge in [-0.2, -0.15) is 0 Å². The summed E-state index contributed by atoms with van der Waals surface area (Å²) in [6.45, 7) is 3.10. The highest BCUT2D eigenvalue weighted by molar-refractivity contribution is 6.44. The molecule has 0 aliphatic rings. The minimum Gasteiger partial charge on any atom is -0.480 e. The fourth-order valence-corrected chi connectivity index (χ4v) is 1.76. The maximum Gasteiger partial charge on any atom is 0.344 e. The molecule has 0 atom stereocenters. The number of Topliss-reactive ketones (excluding diaryl/α,β-unsaturated/α-hetero) is 1. The van der Waals surface area contributed by atoms with Crippen LogP contribution in [-0.2, 0) is 9.53 Å². The van der Waals surface area contributed by atoms with Gasteiger partial charge >= 0.3 is 5.97 Å². The number of esters is 1. The number of ether oxygens (including phenoxy) is 2. The van der Waals surface area contributed by atoms with Gasteiger partial charge in [-0.05, 0) is 26.0 Å². The van der Waals surface area contributed by atoms with E-state index >= 15 is 0 Å². The summed E-state index contributed by atoms with van der Waals surface area (Å²) in [6, 6.07) is 2.99. The lowest BCUT2D eigenvalue weighted by Gasteiger charge is -2.10. The number of rotatable bonds is 5. The Bertz CT molecular complexity index is 471. The Labute approximate surface area is 115 Å². The van der Waals surface area contributed by atoms with Gasteiger partial charge in [-0.3, -0.25) is 4.79 Å². The van der Waals surface area contributed by atoms with Crippen molar-refractivity contribution in [2.45, 2.75) is 13.8 Å². The molecule has 1 rings (SSSR count). The summed E-state index contributed by atoms with van der Waals surface area (Å²) in [6.07, 6.45) is 0. The summed E-state index contributed by atoms with van der Waals surface area (Å²) in [4.78, 5) is 22.3. The molecule has 0 aliphatic heterocycles. The van der Waals surface area contributed by atoms with E-state index in [1.165, 1.54) is 19.1 Å². The van der Waals surface area contributed by atoms with E-state index in [2.05, 4.69) is 0 Å². The predicted molar refractivity (Wildman–Crippen MR) is 68.6 cm³/mol. The third-order valence-corrected chi connectivity index (χ3v) is 2.94. The van der Waals surface area contributed by atoms with Gasteiger partial charge < -0.3 is 9.47 Å². The molecule has 1 aromatic rings. The van der Waals surface area contributed by atoms with E-state index in [4.69, 9.17) is 32.7 Å². The molecule has 6 heteroatoms. The quantitative estimate of drug-likeness (QED) is 0.617. The Morgan fingerprint density at radius 3 is 2.44 bits per heavy atom. The number of hydrogen-bond donors (Lipinski definition) is 0. The molecule has 1 aromatic carbocycles. The zero-order chi connectivity index (χ0) is 13.7. The van der Waals surface area contributed by atoms with E-state index in [1.54, 1.807) is 6.92 Å². The second kappa shape index (κ2) is 6.61. The SMILES string of the molecule is CCOC(=O)COc1ccc(C(C)=O)c(Cl)c1Cl. The molecule has 18 heavy (non-hydrogen) atoms. The van der Waals surface area contributed by atoms with Crippen molar-refractivity contribution in [2.75, 3.05) is 13.2 Å². The van der Waals surface area contributed by atoms with Crippen molar-refractivity contribution in [3.05, 3.63) is 27.7 Å². The zero-order valence-electron chi connectivity index (χ0n) is 9.96. The molecule has 0 radical (unpaired) electrons. The number of ketones is 1. The van der Waals surface area contributed by atoms with Crippen LogP contribution in [0.2, 0.25) is 10.0 Å². The summed E-state index contributed by atoms with van der Waals surface area (Å²) in [7, 11) is 0. The van der Waals surface area contributed by atoms with Crippen molar-refractivity contribution in [1.29, 1.82) is 0 Å². The second-order valence-electron chi connectivity index (χ2n) is 3.39. The minimum absolute atomic E-state index is 0.105. The molecular weight excluding hydrogens is 279 g/mol. The lowest BCUT2D eigenvalue weighted by Crippen LogP contribution is -2.14. The molecule has 0 saturated heterocycles. The molecule has 98 valence electrons. The first-order valence-corrected chi connectivity index (χ1v) is 6.00. The average molecular weight is 291 g/mol. The highest BCUT2D eigenvalue weighted by Crippen LogP contribution is 2.34. The molecule has 0 N–H and O–H groups in total. The number of carbonyl (C=O) groups excluding carboxylic acids is 2. The normalized spacial score (nSPS) is 10.0. The number of carbonyl (C=O) groups is 2. The van der Waals surface area contributed by atoms with Crippen LogP contribution in [-0.4, -0.2) is 25.0 Å². The van der Waals surface area contributed by atoms with Crippen molar-refractivity contribution in [2.24, 2.45) is 0 Å². The van der Waals surface area contributed by atoms with Crippen LogP contribution in [0.25, 0.3) is 0 Å². The fourth-order valence-electron chi connectivity index (χ4n) is 1.25. The van der Waals surface area contributed by atoms with Crippen molar-refractivity contribution >= 4 is 35.0 Å². The number of benzene rings is 1. The first-order chi connectivity index (χ1) is 8.47. The van der Waals surface area contributed by atoms with E-state index in [0.717, 1.165) is 0 Å². The van der Waals surface area contributed by atoms with Gasteiger partial charge in [0, 0.05) is 5.56 Å². The van der Waals surface area contributed by atoms with Gasteiger partial charge in [-0.25, -0.2) is 4.79 Å². The van der Waals surface area contributed by atoms with Gasteiger partial charge in [0.1, 0.15) is 10.8 Å². The number of hydrogen-bond acceptors (Lipinski definition) is 4. The molecular formula is C12H12Cl2O4. The summed E-state index contributed by atoms with van der Waals surface area (Å²) in [5.41, 5.74) is 0.310. The van der Waals surface area contributed by atoms with E-state index in [1.807, 2.05) is 0 Å². The minimum atomic E-state index is -0.500. The Morgan fingerprint density at radius 1 is 1.22 bits per heavy atom. The van der Waals surface area contributed by atoms with Crippen LogP contribution in [0.1, 0.15) is 24.2 Å². The highest BCUT2D eigenvalue weighted by atomic mass is 35.5. The standard InChI is InChI=1S/C12H12Cl2O4/c1-3-17-10(16)6-18-9-5-4-8(7(2)15)11(13)12(9)14/h4-5H,3,6H2,1-2H3. The topological polar surface area (TPSA) is 52.6 Å². The van der Waals surface area contributed by atoms with Crippen molar-refractivity contribution in [3.63, 3.8) is 0 Å². The Morgan fingerprint density at radius 2 is 1.89 bits per heavy atom. The van der Waals surface area contributed by atoms with Crippen molar-refractivity contribution in [1.82, 2.24) is 0 Å². The smallest absolute Gasteiger partial charge is 0.344 e. The van der Waals surface area contributed by atoms with Gasteiger partial charge in [0.05, 0.1) is 11.6 Å². The van der Waals surface area contributed by atoms with Gasteiger partial charge in [-0.15, -0.1) is 0 Å². The lowest BCUT2D eigenvalue weighted by molar-refractivity contribution is -0.145. The van der Waals surface area contributed by atoms with Crippen LogP contribution in [0.3, 0.4) is 0 Å². The molecule has 0 heterocycles. The summed E-state index contributed by atoms with van der Waals surface area (Å²) >= 11 is 11.9. The molecule has 0 fully saturated rings. The second-order valence-corrected chi connectivity index (χ2v) is 4.15. The van der Waals surface area contributed by atoms with E-state index in [0.29, 0.717) is 5.56 Å². The molecule has 0 unspecified atom stereocenters. The summed E-state index contributed by atoms with van der Waals surface area (Å²) < 4.78 is 9.87. The molecule has 0 spiro atoms. The molecule has 0 aliphatic carbocycles. The first-order valence-electron chi connectivity index (χ1n) is 5.24. The molecule has 0 aromatic heterocycles. The Hall–Kier alpha value is -1.26. The van der Waals surface area contributed by atoms with Crippen LogP contribution in [0, 0.1) is 0 Å². The molecule has 0 amide bonds. The van der Waals surface area contributed by atoms with Gasteiger partial charge in [-0.1, -0.05) is 23.2 Å². The maximum absolute atomic E-state index is 11.2. The Balaban J connectivity index is 2.83. The van der Waals surface area contributed by atoms with Crippen LogP contribution < -0.4 is 4.74 Å². The third kappa shape index (κ3) is 3.62. The predicted octanol–water partition coefficient (Wildman–Crippen LogP) is 3.14. The number of halogens is 2. The summed E-state index contributed by atoms with van der Waals surface area (Å²) in [5.74, 6) is -0.459. The van der Waals surface area contributed by atoms with Crippen LogP contribution in [0.4, 0.5) is 0 Å². The Kier molecular flexibility index (Phi) is 5.44. The molecule has 0 bridgehead atoms. The maximum atomic E-state index is 11.2. The molecule has 4 nitrogen and oxygen atoms in total. The van der Waals surface area contributed by atoms with Gasteiger partial charge in [0.25, 0.3) is 0 Å². The first kappa shape index (κ1) is 14.8. The van der Waals surface area contributed by atoms with E-state index < -0.39 is 5.97 Å². The average Bonchev–Trinajstić information content (AvgIpc) is 2.31. The van der Waals surface area contributed by atoms with E-state index in [-0.39, 0.29) is 34.8 Å². The van der Waals surface area contributed by atoms with Crippen LogP contribution >= 0.6 is 23.2 Å². The van der Waals surface area contributed by atoms with Crippen molar-refractivity contribution in [3.8, 4) is 5.75 Å². The fraction of sp³-hybridized carbons (Fsp3) is 0.333. The van der Waals surface area contributed by atoms with Crippen LogP contribution in [0.15, 0.2) is 12.1 Å². The van der Waals surface area contributed by atoms with E-state index in [9.17, 15) is 9.59 Å². The highest BCUT2D eigenvalue weighted by Gasteiger charge is 2.14. The third-order valence-electron chi connectivity index (χ3n) is 2.08. The monoisotopic (exact) mass is 290 g/mol. The van der Waals surface area contributed by atoms with Gasteiger partial charge in [0.2, 0.25) is 0 Å². The van der Waals surface area contributed by atoms with Gasteiger partial charge in [0.15, 0.2) is 12.4 Å². The lowest BCUT2D eigenvalue weighted by atomic mass is 10.1. The molecule has 0 saturated carbocycles. The largest absolute Gasteiger partial charge is 0.480 e. The van der Waals surface area contributed by atoms with Crippen molar-refractivity contribution < 1.29 is 19.1 Å². The van der Waals surface area contributed by atoms with Crippen LogP contribution in [0.5, 0.6) is 5.75 Å².